The highest BCUT2D eigenvalue weighted by Gasteiger charge is 2.28. The Bertz CT molecular complexity index is 568. The summed E-state index contributed by atoms with van der Waals surface area (Å²) in [4.78, 5) is 4.78. The average Bonchev–Trinajstić information content (AvgIpc) is 2.85. The van der Waals surface area contributed by atoms with Crippen LogP contribution in [0.3, 0.4) is 0 Å². The second-order valence-electron chi connectivity index (χ2n) is 7.23. The van der Waals surface area contributed by atoms with Gasteiger partial charge in [0.2, 0.25) is 16.6 Å². The van der Waals surface area contributed by atoms with E-state index in [0.717, 1.165) is 22.1 Å². The molecular formula is C16H25NO2SSi2. The monoisotopic (exact) mass is 351 g/mol. The molecule has 1 aliphatic heterocycles. The lowest BCUT2D eigenvalue weighted by Gasteiger charge is -2.28. The molecule has 0 unspecified atom stereocenters. The van der Waals surface area contributed by atoms with E-state index < -0.39 is 16.6 Å². The zero-order valence-corrected chi connectivity index (χ0v) is 17.1. The number of rotatable bonds is 5. The molecule has 1 aromatic rings. The molecule has 0 amide bonds. The smallest absolute Gasteiger partial charge is 0.275 e. The van der Waals surface area contributed by atoms with Gasteiger partial charge in [-0.2, -0.15) is 0 Å². The summed E-state index contributed by atoms with van der Waals surface area (Å²) in [5, 5.41) is 1.05. The molecule has 22 heavy (non-hydrogen) atoms. The Hall–Kier alpha value is -0.986. The third kappa shape index (κ3) is 5.33. The number of hydrogen-bond acceptors (Lipinski definition) is 4. The van der Waals surface area contributed by atoms with Gasteiger partial charge in [0.25, 0.3) is 5.95 Å². The van der Waals surface area contributed by atoms with Crippen molar-refractivity contribution in [1.29, 1.82) is 0 Å². The van der Waals surface area contributed by atoms with Crippen molar-refractivity contribution in [3.8, 4) is 0 Å². The summed E-state index contributed by atoms with van der Waals surface area (Å²) in [6.07, 6.45) is 0. The molecule has 1 heterocycles. The van der Waals surface area contributed by atoms with Crippen molar-refractivity contribution in [2.45, 2.75) is 39.3 Å². The highest BCUT2D eigenvalue weighted by Crippen LogP contribution is 2.30. The Morgan fingerprint density at radius 1 is 0.955 bits per heavy atom. The van der Waals surface area contributed by atoms with E-state index in [1.54, 1.807) is 11.8 Å². The molecule has 0 saturated carbocycles. The number of benzene rings is 1. The van der Waals surface area contributed by atoms with E-state index in [1.807, 2.05) is 18.2 Å². The molecule has 0 saturated heterocycles. The minimum absolute atomic E-state index is 0.664. The largest absolute Gasteiger partial charge is 0.519 e. The van der Waals surface area contributed by atoms with Crippen LogP contribution in [0.25, 0.3) is 0 Å². The van der Waals surface area contributed by atoms with Crippen molar-refractivity contribution in [2.75, 3.05) is 5.75 Å². The van der Waals surface area contributed by atoms with Crippen molar-refractivity contribution in [3.63, 3.8) is 0 Å². The summed E-state index contributed by atoms with van der Waals surface area (Å²) in [5.74, 6) is 1.48. The molecule has 0 spiro atoms. The zero-order chi connectivity index (χ0) is 16.4. The first kappa shape index (κ1) is 17.4. The van der Waals surface area contributed by atoms with E-state index in [9.17, 15) is 0 Å². The third-order valence-corrected chi connectivity index (χ3v) is 5.25. The van der Waals surface area contributed by atoms with Crippen molar-refractivity contribution < 1.29 is 8.85 Å². The zero-order valence-electron chi connectivity index (χ0n) is 14.3. The number of aliphatic imine (C=N–C) groups is 1. The van der Waals surface area contributed by atoms with Gasteiger partial charge < -0.3 is 8.85 Å². The predicted octanol–water partition coefficient (Wildman–Crippen LogP) is 5.05. The van der Waals surface area contributed by atoms with Crippen LogP contribution in [0.5, 0.6) is 0 Å². The van der Waals surface area contributed by atoms with E-state index in [4.69, 9.17) is 13.8 Å². The van der Waals surface area contributed by atoms with Gasteiger partial charge in [-0.05, 0) is 39.3 Å². The Kier molecular flexibility index (Phi) is 5.24. The van der Waals surface area contributed by atoms with Crippen LogP contribution in [0.1, 0.15) is 5.56 Å². The Morgan fingerprint density at radius 2 is 1.50 bits per heavy atom. The highest BCUT2D eigenvalue weighted by molar-refractivity contribution is 8.14. The molecule has 2 rings (SSSR count). The van der Waals surface area contributed by atoms with Crippen LogP contribution in [0.2, 0.25) is 39.3 Å². The van der Waals surface area contributed by atoms with Gasteiger partial charge in [-0.15, -0.1) is 0 Å². The second kappa shape index (κ2) is 6.64. The summed E-state index contributed by atoms with van der Waals surface area (Å²) in [6, 6.07) is 10.3. The fraction of sp³-hybridized carbons (Fsp3) is 0.438. The molecule has 0 bridgehead atoms. The summed E-state index contributed by atoms with van der Waals surface area (Å²) in [5.41, 5.74) is 2.09. The van der Waals surface area contributed by atoms with Gasteiger partial charge in [0.05, 0.1) is 0 Å². The Labute approximate surface area is 140 Å². The van der Waals surface area contributed by atoms with Gasteiger partial charge in [0.1, 0.15) is 10.7 Å². The first-order chi connectivity index (χ1) is 10.1. The fourth-order valence-electron chi connectivity index (χ4n) is 1.85. The van der Waals surface area contributed by atoms with Crippen LogP contribution < -0.4 is 0 Å². The van der Waals surface area contributed by atoms with Gasteiger partial charge >= 0.3 is 0 Å². The molecule has 120 valence electrons. The summed E-state index contributed by atoms with van der Waals surface area (Å²) >= 11 is 1.75. The van der Waals surface area contributed by atoms with E-state index >= 15 is 0 Å². The minimum Gasteiger partial charge on any atom is -0.519 e. The standard InChI is InChI=1S/C16H25NO2SSi2/c1-21(2,3)18-16(19-22(4,5)6)14-12-20-15(17-14)13-10-8-7-9-11-13/h7-11H,12H2,1-6H3. The van der Waals surface area contributed by atoms with Gasteiger partial charge in [-0.3, -0.25) is 0 Å². The second-order valence-corrected chi connectivity index (χ2v) is 17.1. The molecule has 0 fully saturated rings. The van der Waals surface area contributed by atoms with Crippen molar-refractivity contribution in [3.05, 3.63) is 47.5 Å². The molecule has 0 N–H and O–H groups in total. The van der Waals surface area contributed by atoms with Crippen LogP contribution in [0.15, 0.2) is 47.0 Å². The predicted molar refractivity (Wildman–Crippen MR) is 101 cm³/mol. The quantitative estimate of drug-likeness (QED) is 0.549. The van der Waals surface area contributed by atoms with E-state index in [2.05, 4.69) is 51.4 Å². The first-order valence-corrected chi connectivity index (χ1v) is 15.3. The molecule has 1 aromatic carbocycles. The lowest BCUT2D eigenvalue weighted by atomic mass is 10.2. The van der Waals surface area contributed by atoms with Gasteiger partial charge in [-0.1, -0.05) is 42.1 Å². The van der Waals surface area contributed by atoms with Crippen LogP contribution >= 0.6 is 11.8 Å². The summed E-state index contributed by atoms with van der Waals surface area (Å²) in [6.45, 7) is 13.0. The lowest BCUT2D eigenvalue weighted by Crippen LogP contribution is -2.32. The van der Waals surface area contributed by atoms with Crippen LogP contribution in [0, 0.1) is 0 Å². The molecule has 3 nitrogen and oxygen atoms in total. The molecule has 0 atom stereocenters. The Morgan fingerprint density at radius 3 is 2.00 bits per heavy atom. The molecule has 0 aromatic heterocycles. The van der Waals surface area contributed by atoms with Gasteiger partial charge in [0, 0.05) is 11.3 Å². The number of hydrogen-bond donors (Lipinski definition) is 0. The maximum Gasteiger partial charge on any atom is 0.275 e. The van der Waals surface area contributed by atoms with Crippen molar-refractivity contribution in [2.24, 2.45) is 4.99 Å². The van der Waals surface area contributed by atoms with Crippen molar-refractivity contribution >= 4 is 33.4 Å². The number of nitrogens with zero attached hydrogens (tertiary/aromatic N) is 1. The van der Waals surface area contributed by atoms with Gasteiger partial charge in [0.15, 0.2) is 0 Å². The molecule has 6 heteroatoms. The third-order valence-electron chi connectivity index (χ3n) is 2.64. The molecular weight excluding hydrogens is 326 g/mol. The normalized spacial score (nSPS) is 15.5. The number of thioether (sulfide) groups is 1. The average molecular weight is 352 g/mol. The van der Waals surface area contributed by atoms with E-state index in [0.29, 0.717) is 5.95 Å². The van der Waals surface area contributed by atoms with Crippen LogP contribution in [0.4, 0.5) is 0 Å². The van der Waals surface area contributed by atoms with E-state index in [-0.39, 0.29) is 0 Å². The SMILES string of the molecule is C[Si](C)(C)OC(O[Si](C)(C)C)=C1CSC(c2ccccc2)=N1. The highest BCUT2D eigenvalue weighted by atomic mass is 32.2. The maximum atomic E-state index is 6.19. The summed E-state index contributed by atoms with van der Waals surface area (Å²) in [7, 11) is -3.46. The fourth-order valence-corrected chi connectivity index (χ4v) is 4.30. The van der Waals surface area contributed by atoms with Crippen LogP contribution in [-0.2, 0) is 8.85 Å². The first-order valence-electron chi connectivity index (χ1n) is 7.52. The molecule has 0 aliphatic carbocycles. The Balaban J connectivity index is 2.32. The van der Waals surface area contributed by atoms with Gasteiger partial charge in [-0.25, -0.2) is 4.99 Å². The van der Waals surface area contributed by atoms with Crippen LogP contribution in [-0.4, -0.2) is 27.4 Å². The molecule has 1 aliphatic rings. The summed E-state index contributed by atoms with van der Waals surface area (Å²) < 4.78 is 12.4. The van der Waals surface area contributed by atoms with Crippen molar-refractivity contribution in [1.82, 2.24) is 0 Å². The maximum absolute atomic E-state index is 6.19. The van der Waals surface area contributed by atoms with E-state index in [1.165, 1.54) is 0 Å². The minimum atomic E-state index is -1.73. The lowest BCUT2D eigenvalue weighted by molar-refractivity contribution is 0.210. The topological polar surface area (TPSA) is 30.8 Å². The molecule has 0 radical (unpaired) electrons.